The van der Waals surface area contributed by atoms with Crippen LogP contribution in [0.4, 0.5) is 14.7 Å². The van der Waals surface area contributed by atoms with E-state index in [-0.39, 0.29) is 18.0 Å². The van der Waals surface area contributed by atoms with Crippen LogP contribution in [0.2, 0.25) is 0 Å². The van der Waals surface area contributed by atoms with Gasteiger partial charge in [-0.15, -0.1) is 5.10 Å². The molecule has 1 fully saturated rings. The number of anilines is 1. The first-order valence-corrected chi connectivity index (χ1v) is 10.4. The van der Waals surface area contributed by atoms with Gasteiger partial charge < -0.3 is 5.73 Å². The Balaban J connectivity index is 0.000000178. The van der Waals surface area contributed by atoms with Crippen molar-refractivity contribution < 1.29 is 17.2 Å². The van der Waals surface area contributed by atoms with E-state index in [0.29, 0.717) is 30.8 Å². The van der Waals surface area contributed by atoms with E-state index < -0.39 is 22.0 Å². The Morgan fingerprint density at radius 1 is 1.29 bits per heavy atom. The molecule has 0 bridgehead atoms. The van der Waals surface area contributed by atoms with Crippen molar-refractivity contribution in [2.45, 2.75) is 19.0 Å². The highest BCUT2D eigenvalue weighted by molar-refractivity contribution is 7.88. The van der Waals surface area contributed by atoms with Gasteiger partial charge in [-0.05, 0) is 25.0 Å². The van der Waals surface area contributed by atoms with Crippen LogP contribution in [0.1, 0.15) is 12.8 Å². The molecule has 1 saturated heterocycles. The van der Waals surface area contributed by atoms with Crippen LogP contribution in [-0.4, -0.2) is 57.8 Å². The molecule has 2 N–H and O–H groups in total. The van der Waals surface area contributed by atoms with Crippen molar-refractivity contribution in [1.29, 1.82) is 0 Å². The minimum atomic E-state index is -3.17. The quantitative estimate of drug-likeness (QED) is 0.692. The van der Waals surface area contributed by atoms with Crippen LogP contribution in [0, 0.1) is 5.82 Å². The number of nitrogen functional groups attached to an aromatic ring is 1. The first-order chi connectivity index (χ1) is 13.3. The number of fused-ring (bicyclic) bond motifs is 1. The number of rotatable bonds is 2. The van der Waals surface area contributed by atoms with Gasteiger partial charge in [0.05, 0.1) is 23.8 Å². The van der Waals surface area contributed by atoms with Gasteiger partial charge in [-0.25, -0.2) is 26.7 Å². The molecule has 1 atom stereocenters. The largest absolute Gasteiger partial charge is 0.367 e. The standard InChI is InChI=1S/C11H8FN5.C6H12FNO2S/c12-7-5-9(8-3-1-2-4-14-8)17-10(7)6-15-11(13)16-17;1-11(9,10)8-4-2-3-6(7)5-8/h1-6H,(H2,13,16);6H,2-5H2,1H3. The molecule has 0 aliphatic carbocycles. The van der Waals surface area contributed by atoms with Crippen molar-refractivity contribution in [2.75, 3.05) is 25.1 Å². The summed E-state index contributed by atoms with van der Waals surface area (Å²) in [6, 6.07) is 6.76. The zero-order valence-corrected chi connectivity index (χ0v) is 16.0. The third-order valence-electron chi connectivity index (χ3n) is 4.21. The van der Waals surface area contributed by atoms with Gasteiger partial charge in [0.1, 0.15) is 11.7 Å². The second-order valence-electron chi connectivity index (χ2n) is 6.37. The normalized spacial score (nSPS) is 17.9. The summed E-state index contributed by atoms with van der Waals surface area (Å²) in [5.74, 6) is -0.309. The number of nitrogens with two attached hydrogens (primary N) is 1. The molecule has 3 aromatic rings. The Hall–Kier alpha value is -2.66. The summed E-state index contributed by atoms with van der Waals surface area (Å²) in [6.45, 7) is 0.512. The van der Waals surface area contributed by atoms with Crippen LogP contribution >= 0.6 is 0 Å². The van der Waals surface area contributed by atoms with Gasteiger partial charge in [0.25, 0.3) is 0 Å². The predicted octanol–water partition coefficient (Wildman–Crippen LogP) is 1.89. The highest BCUT2D eigenvalue weighted by atomic mass is 32.2. The van der Waals surface area contributed by atoms with Crippen LogP contribution in [-0.2, 0) is 10.0 Å². The molecule has 4 heterocycles. The number of pyridine rings is 1. The Morgan fingerprint density at radius 2 is 2.07 bits per heavy atom. The summed E-state index contributed by atoms with van der Waals surface area (Å²) in [7, 11) is -3.17. The third kappa shape index (κ3) is 4.60. The molecule has 11 heteroatoms. The maximum atomic E-state index is 13.7. The molecule has 1 aliphatic heterocycles. The molecule has 0 amide bonds. The van der Waals surface area contributed by atoms with Crippen LogP contribution < -0.4 is 5.73 Å². The van der Waals surface area contributed by atoms with Gasteiger partial charge in [-0.3, -0.25) is 4.98 Å². The lowest BCUT2D eigenvalue weighted by atomic mass is 10.1. The fourth-order valence-corrected chi connectivity index (χ4v) is 3.75. The van der Waals surface area contributed by atoms with Crippen molar-refractivity contribution in [3.05, 3.63) is 42.5 Å². The number of hydrogen-bond donors (Lipinski definition) is 1. The van der Waals surface area contributed by atoms with E-state index in [1.165, 1.54) is 21.1 Å². The number of aromatic nitrogens is 4. The van der Waals surface area contributed by atoms with Crippen LogP contribution in [0.15, 0.2) is 36.7 Å². The van der Waals surface area contributed by atoms with Gasteiger partial charge in [0, 0.05) is 25.4 Å². The van der Waals surface area contributed by atoms with E-state index in [1.54, 1.807) is 18.3 Å². The molecular formula is C17H20F2N6O2S. The van der Waals surface area contributed by atoms with Crippen LogP contribution in [0.3, 0.4) is 0 Å². The maximum Gasteiger partial charge on any atom is 0.238 e. The highest BCUT2D eigenvalue weighted by Gasteiger charge is 2.25. The van der Waals surface area contributed by atoms with Gasteiger partial charge in [-0.2, -0.15) is 4.31 Å². The minimum Gasteiger partial charge on any atom is -0.367 e. The topological polar surface area (TPSA) is 106 Å². The fraction of sp³-hybridized carbons (Fsp3) is 0.353. The molecular weight excluding hydrogens is 390 g/mol. The summed E-state index contributed by atoms with van der Waals surface area (Å²) < 4.78 is 50.7. The van der Waals surface area contributed by atoms with Gasteiger partial charge in [0.15, 0.2) is 5.82 Å². The molecule has 0 radical (unpaired) electrons. The second kappa shape index (κ2) is 8.15. The number of hydrogen-bond acceptors (Lipinski definition) is 6. The zero-order chi connectivity index (χ0) is 20.3. The third-order valence-corrected chi connectivity index (χ3v) is 5.48. The summed E-state index contributed by atoms with van der Waals surface area (Å²) >= 11 is 0. The molecule has 28 heavy (non-hydrogen) atoms. The Bertz CT molecular complexity index is 1060. The first kappa shape index (κ1) is 20.1. The van der Waals surface area contributed by atoms with Crippen molar-refractivity contribution in [2.24, 2.45) is 0 Å². The fourth-order valence-electron chi connectivity index (χ4n) is 2.86. The molecule has 0 spiro atoms. The maximum absolute atomic E-state index is 13.7. The van der Waals surface area contributed by atoms with Gasteiger partial charge in [0.2, 0.25) is 16.0 Å². The van der Waals surface area contributed by atoms with Crippen LogP contribution in [0.5, 0.6) is 0 Å². The lowest BCUT2D eigenvalue weighted by Crippen LogP contribution is -2.39. The van der Waals surface area contributed by atoms with Crippen molar-refractivity contribution >= 4 is 21.5 Å². The van der Waals surface area contributed by atoms with Gasteiger partial charge in [-0.1, -0.05) is 6.07 Å². The molecule has 150 valence electrons. The second-order valence-corrected chi connectivity index (χ2v) is 8.35. The van der Waals surface area contributed by atoms with E-state index in [0.717, 1.165) is 6.26 Å². The number of nitrogens with zero attached hydrogens (tertiary/aromatic N) is 5. The van der Waals surface area contributed by atoms with E-state index in [9.17, 15) is 17.2 Å². The average Bonchev–Trinajstić information content (AvgIpc) is 2.98. The Labute approximate surface area is 161 Å². The zero-order valence-electron chi connectivity index (χ0n) is 15.2. The predicted molar refractivity (Wildman–Crippen MR) is 101 cm³/mol. The Kier molecular flexibility index (Phi) is 5.84. The Morgan fingerprint density at radius 3 is 2.68 bits per heavy atom. The SMILES string of the molecule is CS(=O)(=O)N1CCCC(F)C1.Nc1ncc2c(F)cc(-c3ccccn3)n2n1. The summed E-state index contributed by atoms with van der Waals surface area (Å²) in [4.78, 5) is 7.91. The lowest BCUT2D eigenvalue weighted by molar-refractivity contribution is 0.203. The number of sulfonamides is 1. The molecule has 3 aromatic heterocycles. The van der Waals surface area contributed by atoms with E-state index >= 15 is 0 Å². The number of alkyl halides is 1. The summed E-state index contributed by atoms with van der Waals surface area (Å²) in [6.07, 6.45) is 4.26. The number of halogens is 2. The molecule has 1 aliphatic rings. The van der Waals surface area contributed by atoms with Crippen molar-refractivity contribution in [3.63, 3.8) is 0 Å². The molecule has 1 unspecified atom stereocenters. The highest BCUT2D eigenvalue weighted by Crippen LogP contribution is 2.22. The molecule has 0 aromatic carbocycles. The number of piperidine rings is 1. The van der Waals surface area contributed by atoms with E-state index in [4.69, 9.17) is 5.73 Å². The summed E-state index contributed by atoms with van der Waals surface area (Å²) in [5.41, 5.74) is 6.95. The van der Waals surface area contributed by atoms with E-state index in [1.807, 2.05) is 6.07 Å². The van der Waals surface area contributed by atoms with E-state index in [2.05, 4.69) is 15.1 Å². The smallest absolute Gasteiger partial charge is 0.238 e. The first-order valence-electron chi connectivity index (χ1n) is 8.56. The van der Waals surface area contributed by atoms with Crippen molar-refractivity contribution in [1.82, 2.24) is 23.9 Å². The minimum absolute atomic E-state index is 0.0405. The molecule has 8 nitrogen and oxygen atoms in total. The summed E-state index contributed by atoms with van der Waals surface area (Å²) in [5, 5.41) is 3.98. The van der Waals surface area contributed by atoms with Crippen LogP contribution in [0.25, 0.3) is 16.9 Å². The van der Waals surface area contributed by atoms with Crippen molar-refractivity contribution in [3.8, 4) is 11.4 Å². The average molecular weight is 410 g/mol. The van der Waals surface area contributed by atoms with Gasteiger partial charge >= 0.3 is 0 Å². The molecule has 4 rings (SSSR count). The lowest BCUT2D eigenvalue weighted by Gasteiger charge is -2.26. The monoisotopic (exact) mass is 410 g/mol. The molecule has 0 saturated carbocycles.